The van der Waals surface area contributed by atoms with Crippen LogP contribution in [0.2, 0.25) is 0 Å². The number of halogens is 1. The monoisotopic (exact) mass is 285 g/mol. The molecule has 0 unspecified atom stereocenters. The van der Waals surface area contributed by atoms with Crippen molar-refractivity contribution in [2.24, 2.45) is 0 Å². The van der Waals surface area contributed by atoms with Crippen molar-refractivity contribution in [2.75, 3.05) is 19.1 Å². The second-order valence-corrected chi connectivity index (χ2v) is 4.48. The van der Waals surface area contributed by atoms with Crippen LogP contribution in [0.4, 0.5) is 10.5 Å². The molecular weight excluding hydrogens is 270 g/mol. The number of ether oxygens (including phenoxy) is 1. The topological polar surface area (TPSA) is 29.5 Å². The van der Waals surface area contributed by atoms with Crippen molar-refractivity contribution in [1.29, 1.82) is 0 Å². The number of aryl methyl sites for hydroxylation is 1. The zero-order valence-electron chi connectivity index (χ0n) is 10.2. The molecule has 88 valence electrons. The van der Waals surface area contributed by atoms with Crippen LogP contribution in [0, 0.1) is 20.8 Å². The average molecular weight is 286 g/mol. The molecule has 4 heteroatoms. The lowest BCUT2D eigenvalue weighted by atomic mass is 10.0. The smallest absolute Gasteiger partial charge is 0.293 e. The Morgan fingerprint density at radius 1 is 1.31 bits per heavy atom. The minimum absolute atomic E-state index is 0.150. The van der Waals surface area contributed by atoms with E-state index in [1.54, 1.807) is 19.1 Å². The van der Waals surface area contributed by atoms with Gasteiger partial charge < -0.3 is 9.64 Å². The van der Waals surface area contributed by atoms with Gasteiger partial charge in [0.2, 0.25) is 0 Å². The van der Waals surface area contributed by atoms with Crippen LogP contribution in [0.5, 0.6) is 5.75 Å². The van der Waals surface area contributed by atoms with Gasteiger partial charge in [0.25, 0.3) is 4.82 Å². The fourth-order valence-corrected chi connectivity index (χ4v) is 2.02. The van der Waals surface area contributed by atoms with Crippen LogP contribution in [0.1, 0.15) is 16.7 Å². The molecule has 0 aromatic heterocycles. The molecule has 0 saturated carbocycles. The molecule has 0 atom stereocenters. The van der Waals surface area contributed by atoms with Gasteiger partial charge in [0.15, 0.2) is 0 Å². The van der Waals surface area contributed by atoms with Gasteiger partial charge in [0, 0.05) is 23.0 Å². The van der Waals surface area contributed by atoms with Crippen LogP contribution in [-0.4, -0.2) is 19.0 Å². The van der Waals surface area contributed by atoms with E-state index >= 15 is 0 Å². The van der Waals surface area contributed by atoms with Gasteiger partial charge in [-0.2, -0.15) is 0 Å². The molecule has 16 heavy (non-hydrogen) atoms. The zero-order chi connectivity index (χ0) is 12.5. The third-order valence-corrected chi connectivity index (χ3v) is 3.36. The normalized spacial score (nSPS) is 10.1. The maximum Gasteiger partial charge on any atom is 0.293 e. The summed E-state index contributed by atoms with van der Waals surface area (Å²) in [6.07, 6.45) is 0. The average Bonchev–Trinajstić information content (AvgIpc) is 2.23. The highest BCUT2D eigenvalue weighted by Gasteiger charge is 2.16. The first-order valence-corrected chi connectivity index (χ1v) is 5.77. The molecule has 3 nitrogen and oxygen atoms in total. The molecule has 0 bridgehead atoms. The minimum Gasteiger partial charge on any atom is -0.496 e. The summed E-state index contributed by atoms with van der Waals surface area (Å²) in [7, 11) is 3.40. The highest BCUT2D eigenvalue weighted by molar-refractivity contribution is 9.18. The van der Waals surface area contributed by atoms with E-state index in [0.29, 0.717) is 0 Å². The van der Waals surface area contributed by atoms with Gasteiger partial charge in [-0.25, -0.2) is 0 Å². The molecular formula is C12H16BrNO2. The Bertz CT molecular complexity index is 430. The maximum absolute atomic E-state index is 11.3. The van der Waals surface area contributed by atoms with Crippen molar-refractivity contribution in [3.8, 4) is 5.75 Å². The number of amides is 1. The van der Waals surface area contributed by atoms with Crippen molar-refractivity contribution >= 4 is 26.4 Å². The summed E-state index contributed by atoms with van der Waals surface area (Å²) in [4.78, 5) is 12.8. The maximum atomic E-state index is 11.3. The Morgan fingerprint density at radius 2 is 1.88 bits per heavy atom. The number of benzene rings is 1. The molecule has 0 N–H and O–H groups in total. The fraction of sp³-hybridized carbons (Fsp3) is 0.417. The number of methoxy groups -OCH3 is 1. The standard InChI is InChI=1S/C12H16BrNO2/c1-7-6-10(16-5)8(2)9(3)11(7)14(4)12(13)15/h6H,1-5H3. The highest BCUT2D eigenvalue weighted by Crippen LogP contribution is 2.33. The number of rotatable bonds is 2. The molecule has 0 aliphatic carbocycles. The Balaban J connectivity index is 3.41. The molecule has 1 aromatic carbocycles. The van der Waals surface area contributed by atoms with E-state index in [9.17, 15) is 4.79 Å². The molecule has 1 amide bonds. The van der Waals surface area contributed by atoms with Crippen molar-refractivity contribution < 1.29 is 9.53 Å². The van der Waals surface area contributed by atoms with Crippen LogP contribution >= 0.6 is 15.9 Å². The molecule has 0 spiro atoms. The lowest BCUT2D eigenvalue weighted by Gasteiger charge is -2.22. The second-order valence-electron chi connectivity index (χ2n) is 3.81. The highest BCUT2D eigenvalue weighted by atomic mass is 79.9. The SMILES string of the molecule is COc1cc(C)c(N(C)C(=O)Br)c(C)c1C. The summed E-state index contributed by atoms with van der Waals surface area (Å²) in [5.74, 6) is 0.856. The Labute approximate surface area is 105 Å². The van der Waals surface area contributed by atoms with Crippen LogP contribution in [0.25, 0.3) is 0 Å². The van der Waals surface area contributed by atoms with Crippen LogP contribution < -0.4 is 9.64 Å². The van der Waals surface area contributed by atoms with Gasteiger partial charge in [0.05, 0.1) is 12.8 Å². The Hall–Kier alpha value is -1.03. The number of hydrogen-bond acceptors (Lipinski definition) is 2. The van der Waals surface area contributed by atoms with E-state index in [1.165, 1.54) is 0 Å². The first-order chi connectivity index (χ1) is 7.40. The number of anilines is 1. The van der Waals surface area contributed by atoms with Gasteiger partial charge in [-0.1, -0.05) is 0 Å². The van der Waals surface area contributed by atoms with Gasteiger partial charge >= 0.3 is 0 Å². The number of carbonyl (C=O) groups excluding carboxylic acids is 1. The fourth-order valence-electron chi connectivity index (χ4n) is 1.85. The van der Waals surface area contributed by atoms with E-state index in [0.717, 1.165) is 28.1 Å². The van der Waals surface area contributed by atoms with Gasteiger partial charge in [-0.05, 0) is 43.5 Å². The third-order valence-electron chi connectivity index (χ3n) is 2.83. The molecule has 0 radical (unpaired) electrons. The van der Waals surface area contributed by atoms with E-state index in [4.69, 9.17) is 4.74 Å². The number of nitrogens with zero attached hydrogens (tertiary/aromatic N) is 1. The Kier molecular flexibility index (Phi) is 3.97. The molecule has 0 aliphatic heterocycles. The molecule has 1 aromatic rings. The predicted molar refractivity (Wildman–Crippen MR) is 69.9 cm³/mol. The molecule has 0 saturated heterocycles. The van der Waals surface area contributed by atoms with E-state index in [-0.39, 0.29) is 4.82 Å². The van der Waals surface area contributed by atoms with Crippen molar-refractivity contribution in [3.05, 3.63) is 22.8 Å². The second kappa shape index (κ2) is 4.87. The lowest BCUT2D eigenvalue weighted by molar-refractivity contribution is 0.267. The first-order valence-electron chi connectivity index (χ1n) is 4.98. The summed E-state index contributed by atoms with van der Waals surface area (Å²) in [5, 5.41) is 0. The molecule has 0 heterocycles. The zero-order valence-corrected chi connectivity index (χ0v) is 11.8. The summed E-state index contributed by atoms with van der Waals surface area (Å²) in [5.41, 5.74) is 4.08. The minimum atomic E-state index is -0.150. The Morgan fingerprint density at radius 3 is 2.31 bits per heavy atom. The van der Waals surface area contributed by atoms with Gasteiger partial charge in [0.1, 0.15) is 5.75 Å². The van der Waals surface area contributed by atoms with Crippen molar-refractivity contribution in [3.63, 3.8) is 0 Å². The predicted octanol–water partition coefficient (Wildman–Crippen LogP) is 3.57. The van der Waals surface area contributed by atoms with Crippen molar-refractivity contribution in [2.45, 2.75) is 20.8 Å². The third kappa shape index (κ3) is 2.21. The number of carbonyl (C=O) groups is 1. The quantitative estimate of drug-likeness (QED) is 0.614. The van der Waals surface area contributed by atoms with Crippen LogP contribution in [0.15, 0.2) is 6.07 Å². The van der Waals surface area contributed by atoms with E-state index in [1.807, 2.05) is 26.8 Å². The van der Waals surface area contributed by atoms with Gasteiger partial charge in [-0.3, -0.25) is 4.79 Å². The summed E-state index contributed by atoms with van der Waals surface area (Å²) in [6, 6.07) is 1.95. The van der Waals surface area contributed by atoms with Crippen LogP contribution in [-0.2, 0) is 0 Å². The molecule has 1 rings (SSSR count). The van der Waals surface area contributed by atoms with Crippen molar-refractivity contribution in [1.82, 2.24) is 0 Å². The largest absolute Gasteiger partial charge is 0.496 e. The summed E-state index contributed by atoms with van der Waals surface area (Å²) in [6.45, 7) is 5.95. The summed E-state index contributed by atoms with van der Waals surface area (Å²) >= 11 is 2.96. The summed E-state index contributed by atoms with van der Waals surface area (Å²) < 4.78 is 5.29. The van der Waals surface area contributed by atoms with Gasteiger partial charge in [-0.15, -0.1) is 0 Å². The van der Waals surface area contributed by atoms with Crippen LogP contribution in [0.3, 0.4) is 0 Å². The number of hydrogen-bond donors (Lipinski definition) is 0. The first kappa shape index (κ1) is 13.0. The lowest BCUT2D eigenvalue weighted by Crippen LogP contribution is -2.21. The van der Waals surface area contributed by atoms with E-state index in [2.05, 4.69) is 15.9 Å². The molecule has 0 aliphatic rings. The van der Waals surface area contributed by atoms with E-state index < -0.39 is 0 Å². The molecule has 0 fully saturated rings.